The van der Waals surface area contributed by atoms with E-state index in [0.717, 1.165) is 11.4 Å². The highest BCUT2D eigenvalue weighted by Gasteiger charge is 2.04. The van der Waals surface area contributed by atoms with Gasteiger partial charge in [0.15, 0.2) is 12.4 Å². The molecular weight excluding hydrogens is 172 g/mol. The maximum absolute atomic E-state index is 4.17. The molecule has 0 aliphatic rings. The third-order valence-electron chi connectivity index (χ3n) is 2.13. The summed E-state index contributed by atoms with van der Waals surface area (Å²) in [6.45, 7) is 4.09. The molecule has 0 aliphatic heterocycles. The number of pyridine rings is 2. The highest BCUT2D eigenvalue weighted by Crippen LogP contribution is 2.00. The van der Waals surface area contributed by atoms with Gasteiger partial charge in [0.25, 0.3) is 0 Å². The molecule has 0 aliphatic carbocycles. The molecular formula is C12H13N2+. The second-order valence-electron chi connectivity index (χ2n) is 3.44. The van der Waals surface area contributed by atoms with Gasteiger partial charge in [-0.3, -0.25) is 4.98 Å². The van der Waals surface area contributed by atoms with E-state index in [-0.39, 0.29) is 0 Å². The maximum Gasteiger partial charge on any atom is 0.213 e. The summed E-state index contributed by atoms with van der Waals surface area (Å²) < 4.78 is 2.10. The molecule has 2 heteroatoms. The van der Waals surface area contributed by atoms with E-state index in [4.69, 9.17) is 0 Å². The summed E-state index contributed by atoms with van der Waals surface area (Å²) in [5.74, 6) is 0. The topological polar surface area (TPSA) is 16.8 Å². The summed E-state index contributed by atoms with van der Waals surface area (Å²) in [5, 5.41) is 0. The van der Waals surface area contributed by atoms with Crippen LogP contribution >= 0.6 is 0 Å². The second kappa shape index (κ2) is 3.58. The zero-order valence-electron chi connectivity index (χ0n) is 8.44. The Morgan fingerprint density at radius 2 is 2.07 bits per heavy atom. The lowest BCUT2D eigenvalue weighted by Crippen LogP contribution is -2.29. The summed E-state index contributed by atoms with van der Waals surface area (Å²) >= 11 is 0. The van der Waals surface area contributed by atoms with Crippen LogP contribution in [0.4, 0.5) is 0 Å². The van der Waals surface area contributed by atoms with Gasteiger partial charge in [-0.1, -0.05) is 0 Å². The highest BCUT2D eigenvalue weighted by atomic mass is 14.9. The number of nitrogens with zero attached hydrogens (tertiary/aromatic N) is 2. The lowest BCUT2D eigenvalue weighted by Gasteiger charge is -1.96. The average molecular weight is 185 g/mol. The van der Waals surface area contributed by atoms with Crippen molar-refractivity contribution in [3.63, 3.8) is 0 Å². The number of hydrogen-bond donors (Lipinski definition) is 0. The maximum atomic E-state index is 4.17. The van der Waals surface area contributed by atoms with Crippen molar-refractivity contribution in [2.45, 2.75) is 13.8 Å². The van der Waals surface area contributed by atoms with Crippen LogP contribution in [0.25, 0.3) is 5.69 Å². The highest BCUT2D eigenvalue weighted by molar-refractivity contribution is 5.22. The molecule has 0 atom stereocenters. The molecule has 0 unspecified atom stereocenters. The van der Waals surface area contributed by atoms with Crippen LogP contribution in [0.5, 0.6) is 0 Å². The van der Waals surface area contributed by atoms with E-state index in [0.29, 0.717) is 0 Å². The summed E-state index contributed by atoms with van der Waals surface area (Å²) in [5.41, 5.74) is 3.44. The van der Waals surface area contributed by atoms with E-state index in [2.05, 4.69) is 34.8 Å². The quantitative estimate of drug-likeness (QED) is 0.621. The molecule has 2 aromatic heterocycles. The summed E-state index contributed by atoms with van der Waals surface area (Å²) in [4.78, 5) is 4.17. The van der Waals surface area contributed by atoms with E-state index < -0.39 is 0 Å². The van der Waals surface area contributed by atoms with Crippen LogP contribution in [0.1, 0.15) is 11.3 Å². The van der Waals surface area contributed by atoms with Crippen LogP contribution in [-0.4, -0.2) is 4.98 Å². The molecule has 2 nitrogen and oxygen atoms in total. The lowest BCUT2D eigenvalue weighted by atomic mass is 10.3. The Bertz CT molecular complexity index is 406. The van der Waals surface area contributed by atoms with Crippen molar-refractivity contribution in [1.82, 2.24) is 4.98 Å². The Labute approximate surface area is 83.9 Å². The Balaban J connectivity index is 2.49. The monoisotopic (exact) mass is 185 g/mol. The van der Waals surface area contributed by atoms with Gasteiger partial charge in [0, 0.05) is 35.7 Å². The Hall–Kier alpha value is -1.70. The van der Waals surface area contributed by atoms with Gasteiger partial charge in [-0.05, 0) is 19.9 Å². The first kappa shape index (κ1) is 8.88. The van der Waals surface area contributed by atoms with Crippen molar-refractivity contribution in [3.8, 4) is 5.69 Å². The van der Waals surface area contributed by atoms with E-state index >= 15 is 0 Å². The Morgan fingerprint density at radius 3 is 2.79 bits per heavy atom. The van der Waals surface area contributed by atoms with Crippen molar-refractivity contribution in [2.75, 3.05) is 0 Å². The van der Waals surface area contributed by atoms with Gasteiger partial charge in [-0.15, -0.1) is 0 Å². The van der Waals surface area contributed by atoms with Crippen molar-refractivity contribution < 1.29 is 4.57 Å². The first-order chi connectivity index (χ1) is 6.75. The van der Waals surface area contributed by atoms with Crippen LogP contribution in [0.3, 0.4) is 0 Å². The minimum absolute atomic E-state index is 1.04. The van der Waals surface area contributed by atoms with Crippen LogP contribution in [0.15, 0.2) is 42.9 Å². The Kier molecular flexibility index (Phi) is 2.27. The van der Waals surface area contributed by atoms with Gasteiger partial charge in [-0.25, -0.2) is 0 Å². The first-order valence-corrected chi connectivity index (χ1v) is 4.67. The molecule has 2 rings (SSSR count). The zero-order valence-corrected chi connectivity index (χ0v) is 8.44. The number of aromatic nitrogens is 2. The van der Waals surface area contributed by atoms with Crippen LogP contribution in [0.2, 0.25) is 0 Å². The minimum atomic E-state index is 1.04. The van der Waals surface area contributed by atoms with Gasteiger partial charge in [0.05, 0.1) is 0 Å². The molecule has 70 valence electrons. The van der Waals surface area contributed by atoms with E-state index in [9.17, 15) is 0 Å². The van der Waals surface area contributed by atoms with Gasteiger partial charge >= 0.3 is 0 Å². The number of aryl methyl sites for hydroxylation is 2. The number of rotatable bonds is 1. The average Bonchev–Trinajstić information content (AvgIpc) is 2.18. The minimum Gasteiger partial charge on any atom is -0.261 e. The van der Waals surface area contributed by atoms with Gasteiger partial charge in [0.2, 0.25) is 5.69 Å². The zero-order chi connectivity index (χ0) is 9.97. The first-order valence-electron chi connectivity index (χ1n) is 4.67. The predicted octanol–water partition coefficient (Wildman–Crippen LogP) is 1.98. The van der Waals surface area contributed by atoms with E-state index in [1.54, 1.807) is 0 Å². The molecule has 0 amide bonds. The standard InChI is InChI=1S/C12H13N2/c1-10-4-3-7-14(9-10)12-5-6-13-11(2)8-12/h3-9H,1-2H3/q+1. The SMILES string of the molecule is Cc1ccc[n+](-c2ccnc(C)c2)c1. The third-order valence-corrected chi connectivity index (χ3v) is 2.13. The van der Waals surface area contributed by atoms with Crippen molar-refractivity contribution in [1.29, 1.82) is 0 Å². The van der Waals surface area contributed by atoms with Crippen molar-refractivity contribution in [3.05, 3.63) is 54.1 Å². The van der Waals surface area contributed by atoms with Crippen LogP contribution < -0.4 is 4.57 Å². The molecule has 0 saturated carbocycles. The van der Waals surface area contributed by atoms with Crippen molar-refractivity contribution >= 4 is 0 Å². The molecule has 2 heterocycles. The van der Waals surface area contributed by atoms with E-state index in [1.165, 1.54) is 5.56 Å². The van der Waals surface area contributed by atoms with Crippen LogP contribution in [-0.2, 0) is 0 Å². The molecule has 0 fully saturated rings. The molecule has 0 saturated heterocycles. The fourth-order valence-corrected chi connectivity index (χ4v) is 1.44. The molecule has 0 bridgehead atoms. The van der Waals surface area contributed by atoms with Crippen molar-refractivity contribution in [2.24, 2.45) is 0 Å². The van der Waals surface area contributed by atoms with Gasteiger partial charge in [0.1, 0.15) is 0 Å². The van der Waals surface area contributed by atoms with Crippen LogP contribution in [0, 0.1) is 13.8 Å². The fourth-order valence-electron chi connectivity index (χ4n) is 1.44. The van der Waals surface area contributed by atoms with E-state index in [1.807, 2.05) is 31.5 Å². The molecule has 14 heavy (non-hydrogen) atoms. The molecule has 2 aromatic rings. The lowest BCUT2D eigenvalue weighted by molar-refractivity contribution is -0.596. The second-order valence-corrected chi connectivity index (χ2v) is 3.44. The van der Waals surface area contributed by atoms with Gasteiger partial charge in [-0.2, -0.15) is 4.57 Å². The smallest absolute Gasteiger partial charge is 0.213 e. The predicted molar refractivity (Wildman–Crippen MR) is 55.2 cm³/mol. The van der Waals surface area contributed by atoms with Gasteiger partial charge < -0.3 is 0 Å². The largest absolute Gasteiger partial charge is 0.261 e. The summed E-state index contributed by atoms with van der Waals surface area (Å²) in [6, 6.07) is 8.21. The Morgan fingerprint density at radius 1 is 1.21 bits per heavy atom. The molecule has 0 radical (unpaired) electrons. The molecule has 0 spiro atoms. The molecule has 0 N–H and O–H groups in total. The number of hydrogen-bond acceptors (Lipinski definition) is 1. The summed E-state index contributed by atoms with van der Waals surface area (Å²) in [6.07, 6.45) is 5.98. The molecule has 0 aromatic carbocycles. The normalized spacial score (nSPS) is 10.1. The third kappa shape index (κ3) is 1.79. The summed E-state index contributed by atoms with van der Waals surface area (Å²) in [7, 11) is 0. The fraction of sp³-hybridized carbons (Fsp3) is 0.167.